The van der Waals surface area contributed by atoms with Gasteiger partial charge in [-0.15, -0.1) is 11.3 Å². The summed E-state index contributed by atoms with van der Waals surface area (Å²) in [5.74, 6) is 1.47. The van der Waals surface area contributed by atoms with Gasteiger partial charge < -0.3 is 20.6 Å². The Labute approximate surface area is 192 Å². The third-order valence-corrected chi connectivity index (χ3v) is 6.33. The van der Waals surface area contributed by atoms with Crippen LogP contribution < -0.4 is 10.5 Å². The number of aryl methyl sites for hydroxylation is 1. The summed E-state index contributed by atoms with van der Waals surface area (Å²) in [7, 11) is 0. The van der Waals surface area contributed by atoms with Gasteiger partial charge in [0.2, 0.25) is 0 Å². The molecule has 2 heterocycles. The first-order valence-electron chi connectivity index (χ1n) is 11.0. The van der Waals surface area contributed by atoms with E-state index in [4.69, 9.17) is 10.5 Å². The Bertz CT molecular complexity index is 1090. The number of nitrogens with zero attached hydrogens (tertiary/aromatic N) is 1. The lowest BCUT2D eigenvalue weighted by atomic mass is 10.1. The van der Waals surface area contributed by atoms with Crippen LogP contribution in [0.15, 0.2) is 72.2 Å². The van der Waals surface area contributed by atoms with Crippen LogP contribution in [-0.2, 0) is 6.42 Å². The second-order valence-electron chi connectivity index (χ2n) is 7.80. The summed E-state index contributed by atoms with van der Waals surface area (Å²) >= 11 is 1.69. The second-order valence-corrected chi connectivity index (χ2v) is 8.75. The van der Waals surface area contributed by atoms with Crippen molar-refractivity contribution in [3.63, 3.8) is 0 Å². The van der Waals surface area contributed by atoms with E-state index in [0.717, 1.165) is 46.7 Å². The van der Waals surface area contributed by atoms with Gasteiger partial charge in [-0.1, -0.05) is 36.4 Å². The lowest BCUT2D eigenvalue weighted by Gasteiger charge is -2.12. The number of aromatic nitrogens is 2. The lowest BCUT2D eigenvalue weighted by molar-refractivity contribution is 0.264. The standard InChI is InChI=1S/C26H29N3O2S/c27-22(18-30)26-28-17-23(29-26)20-12-13-24(21(16-20)25-11-7-15-32-25)31-14-6-2-5-10-19-8-3-1-4-9-19/h1,3-4,7-9,11-13,15-17,22,30H,2,5-6,10,14,18,27H2,(H,28,29). The molecule has 4 N–H and O–H groups in total. The zero-order chi connectivity index (χ0) is 22.2. The molecule has 1 atom stereocenters. The maximum Gasteiger partial charge on any atom is 0.127 e. The number of aromatic amines is 1. The van der Waals surface area contributed by atoms with Gasteiger partial charge in [-0.2, -0.15) is 0 Å². The third-order valence-electron chi connectivity index (χ3n) is 5.43. The van der Waals surface area contributed by atoms with E-state index in [2.05, 4.69) is 63.9 Å². The smallest absolute Gasteiger partial charge is 0.127 e. The maximum absolute atomic E-state index is 9.27. The average Bonchev–Trinajstić information content (AvgIpc) is 3.54. The van der Waals surface area contributed by atoms with E-state index >= 15 is 0 Å². The zero-order valence-corrected chi connectivity index (χ0v) is 18.9. The van der Waals surface area contributed by atoms with E-state index in [-0.39, 0.29) is 6.61 Å². The normalized spacial score (nSPS) is 12.1. The highest BCUT2D eigenvalue weighted by molar-refractivity contribution is 7.13. The van der Waals surface area contributed by atoms with Crippen molar-refractivity contribution < 1.29 is 9.84 Å². The van der Waals surface area contributed by atoms with Crippen LogP contribution in [0.25, 0.3) is 21.7 Å². The van der Waals surface area contributed by atoms with E-state index in [1.807, 2.05) is 12.1 Å². The molecule has 0 aliphatic carbocycles. The summed E-state index contributed by atoms with van der Waals surface area (Å²) in [4.78, 5) is 8.69. The first-order valence-corrected chi connectivity index (χ1v) is 11.9. The Hall–Kier alpha value is -2.93. The summed E-state index contributed by atoms with van der Waals surface area (Å²) in [6.07, 6.45) is 6.21. The van der Waals surface area contributed by atoms with Crippen molar-refractivity contribution in [2.45, 2.75) is 31.7 Å². The molecule has 0 saturated heterocycles. The van der Waals surface area contributed by atoms with Gasteiger partial charge in [0.1, 0.15) is 11.6 Å². The third kappa shape index (κ3) is 5.65. The van der Waals surface area contributed by atoms with Crippen LogP contribution in [0.5, 0.6) is 5.75 Å². The molecule has 0 bridgehead atoms. The number of benzene rings is 2. The molecule has 0 saturated carbocycles. The van der Waals surface area contributed by atoms with Crippen molar-refractivity contribution in [3.8, 4) is 27.4 Å². The van der Waals surface area contributed by atoms with Gasteiger partial charge in [0, 0.05) is 16.0 Å². The summed E-state index contributed by atoms with van der Waals surface area (Å²) in [6, 6.07) is 20.5. The van der Waals surface area contributed by atoms with Gasteiger partial charge in [0.15, 0.2) is 0 Å². The van der Waals surface area contributed by atoms with E-state index in [1.165, 1.54) is 12.0 Å². The molecule has 0 spiro atoms. The van der Waals surface area contributed by atoms with Crippen molar-refractivity contribution in [2.24, 2.45) is 5.73 Å². The molecule has 6 heteroatoms. The van der Waals surface area contributed by atoms with Crippen molar-refractivity contribution >= 4 is 11.3 Å². The predicted molar refractivity (Wildman–Crippen MR) is 131 cm³/mol. The van der Waals surface area contributed by atoms with Crippen molar-refractivity contribution in [1.82, 2.24) is 9.97 Å². The molecule has 5 nitrogen and oxygen atoms in total. The molecule has 2 aromatic carbocycles. The lowest BCUT2D eigenvalue weighted by Crippen LogP contribution is -2.15. The summed E-state index contributed by atoms with van der Waals surface area (Å²) in [5, 5.41) is 11.3. The number of rotatable bonds is 11. The van der Waals surface area contributed by atoms with Crippen LogP contribution in [0.1, 0.15) is 36.7 Å². The van der Waals surface area contributed by atoms with Gasteiger partial charge in [0.05, 0.1) is 31.1 Å². The van der Waals surface area contributed by atoms with Gasteiger partial charge in [-0.05, 0) is 60.9 Å². The Morgan fingerprint density at radius 1 is 1.03 bits per heavy atom. The Balaban J connectivity index is 1.40. The SMILES string of the molecule is NC(CO)c1ncc(-c2ccc(OCCCCCc3ccccc3)c(-c3cccs3)c2)[nH]1. The largest absolute Gasteiger partial charge is 0.493 e. The molecule has 1 unspecified atom stereocenters. The summed E-state index contributed by atoms with van der Waals surface area (Å²) < 4.78 is 6.19. The monoisotopic (exact) mass is 447 g/mol. The first-order chi connectivity index (χ1) is 15.7. The molecule has 0 aliphatic rings. The van der Waals surface area contributed by atoms with Crippen LogP contribution in [0.3, 0.4) is 0 Å². The molecular formula is C26H29N3O2S. The van der Waals surface area contributed by atoms with E-state index in [0.29, 0.717) is 12.4 Å². The number of imidazole rings is 1. The van der Waals surface area contributed by atoms with Crippen LogP contribution in [0, 0.1) is 0 Å². The fraction of sp³-hybridized carbons (Fsp3) is 0.269. The maximum atomic E-state index is 9.27. The van der Waals surface area contributed by atoms with Crippen LogP contribution in [0.2, 0.25) is 0 Å². The number of H-pyrrole nitrogens is 1. The van der Waals surface area contributed by atoms with E-state index < -0.39 is 6.04 Å². The molecule has 0 aliphatic heterocycles. The Morgan fingerprint density at radius 2 is 1.91 bits per heavy atom. The number of unbranched alkanes of at least 4 members (excludes halogenated alkanes) is 2. The molecule has 0 amide bonds. The predicted octanol–water partition coefficient (Wildman–Crippen LogP) is 5.59. The fourth-order valence-electron chi connectivity index (χ4n) is 3.64. The van der Waals surface area contributed by atoms with Gasteiger partial charge in [-0.3, -0.25) is 0 Å². The van der Waals surface area contributed by atoms with E-state index in [1.54, 1.807) is 17.5 Å². The first kappa shape index (κ1) is 22.3. The fourth-order valence-corrected chi connectivity index (χ4v) is 4.39. The van der Waals surface area contributed by atoms with E-state index in [9.17, 15) is 5.11 Å². The molecule has 166 valence electrons. The van der Waals surface area contributed by atoms with Crippen LogP contribution in [0.4, 0.5) is 0 Å². The minimum Gasteiger partial charge on any atom is -0.493 e. The zero-order valence-electron chi connectivity index (χ0n) is 18.0. The molecule has 2 aromatic heterocycles. The molecule has 32 heavy (non-hydrogen) atoms. The minimum atomic E-state index is -0.509. The van der Waals surface area contributed by atoms with Crippen molar-refractivity contribution in [1.29, 1.82) is 0 Å². The topological polar surface area (TPSA) is 84.2 Å². The molecule has 4 rings (SSSR count). The second kappa shape index (κ2) is 11.1. The molecular weight excluding hydrogens is 418 g/mol. The summed E-state index contributed by atoms with van der Waals surface area (Å²) in [5.41, 5.74) is 10.2. The number of aliphatic hydroxyl groups excluding tert-OH is 1. The summed E-state index contributed by atoms with van der Waals surface area (Å²) in [6.45, 7) is 0.553. The highest BCUT2D eigenvalue weighted by atomic mass is 32.1. The van der Waals surface area contributed by atoms with Crippen LogP contribution in [-0.4, -0.2) is 28.3 Å². The number of nitrogens with two attached hydrogens (primary N) is 1. The molecule has 0 radical (unpaired) electrons. The van der Waals surface area contributed by atoms with Gasteiger partial charge >= 0.3 is 0 Å². The molecule has 4 aromatic rings. The van der Waals surface area contributed by atoms with Crippen molar-refractivity contribution in [2.75, 3.05) is 13.2 Å². The Kier molecular flexibility index (Phi) is 7.72. The number of ether oxygens (including phenoxy) is 1. The highest BCUT2D eigenvalue weighted by Crippen LogP contribution is 2.36. The number of aliphatic hydroxyl groups is 1. The number of hydrogen-bond donors (Lipinski definition) is 3. The van der Waals surface area contributed by atoms with Gasteiger partial charge in [0.25, 0.3) is 0 Å². The van der Waals surface area contributed by atoms with Crippen molar-refractivity contribution in [3.05, 3.63) is 83.6 Å². The average molecular weight is 448 g/mol. The molecule has 0 fully saturated rings. The number of thiophene rings is 1. The van der Waals surface area contributed by atoms with Crippen LogP contribution >= 0.6 is 11.3 Å². The quantitative estimate of drug-likeness (QED) is 0.262. The minimum absolute atomic E-state index is 0.147. The Morgan fingerprint density at radius 3 is 2.69 bits per heavy atom. The number of hydrogen-bond acceptors (Lipinski definition) is 5. The van der Waals surface area contributed by atoms with Gasteiger partial charge in [-0.25, -0.2) is 4.98 Å². The highest BCUT2D eigenvalue weighted by Gasteiger charge is 2.13. The number of nitrogens with one attached hydrogen (secondary N) is 1.